The zero-order valence-corrected chi connectivity index (χ0v) is 18.4. The van der Waals surface area contributed by atoms with Gasteiger partial charge in [0.2, 0.25) is 0 Å². The van der Waals surface area contributed by atoms with Gasteiger partial charge in [-0.1, -0.05) is 66.9 Å². The Morgan fingerprint density at radius 2 is 1.04 bits per heavy atom. The fourth-order valence-corrected chi connectivity index (χ4v) is 2.99. The summed E-state index contributed by atoms with van der Waals surface area (Å²) in [5, 5.41) is 8.86. The molecule has 1 N–H and O–H groups in total. The Morgan fingerprint density at radius 3 is 1.42 bits per heavy atom. The van der Waals surface area contributed by atoms with E-state index in [-0.39, 0.29) is 6.61 Å². The average molecular weight is 361 g/mol. The Balaban J connectivity index is 3.97. The smallest absolute Gasteiger partial charge is 0.0614 e. The van der Waals surface area contributed by atoms with Gasteiger partial charge in [0.25, 0.3) is 0 Å². The molecule has 1 heteroatoms. The summed E-state index contributed by atoms with van der Waals surface area (Å²) in [6, 6.07) is 0. The molecule has 0 aliphatic carbocycles. The van der Waals surface area contributed by atoms with E-state index in [0.717, 1.165) is 31.6 Å². The van der Waals surface area contributed by atoms with Gasteiger partial charge >= 0.3 is 0 Å². The molecule has 0 spiro atoms. The zero-order valence-electron chi connectivity index (χ0n) is 18.4. The average Bonchev–Trinajstić information content (AvgIpc) is 2.54. The molecule has 0 rings (SSSR count). The number of hydrogen-bond donors (Lipinski definition) is 1. The molecule has 0 aliphatic rings. The molecule has 0 saturated carbocycles. The highest BCUT2D eigenvalue weighted by atomic mass is 16.2. The summed E-state index contributed by atoms with van der Waals surface area (Å²) in [6.45, 7) is 13.6. The van der Waals surface area contributed by atoms with Gasteiger partial charge in [0.15, 0.2) is 0 Å². The summed E-state index contributed by atoms with van der Waals surface area (Å²) < 4.78 is 0. The maximum atomic E-state index is 8.86. The van der Waals surface area contributed by atoms with Crippen LogP contribution >= 0.6 is 0 Å². The fourth-order valence-electron chi connectivity index (χ4n) is 2.99. The molecule has 0 amide bonds. The van der Waals surface area contributed by atoms with Gasteiger partial charge in [0, 0.05) is 0 Å². The second-order valence-electron chi connectivity index (χ2n) is 8.29. The van der Waals surface area contributed by atoms with Gasteiger partial charge in [-0.25, -0.2) is 0 Å². The summed E-state index contributed by atoms with van der Waals surface area (Å²) in [5.74, 6) is 0.825. The second-order valence-corrected chi connectivity index (χ2v) is 8.29. The van der Waals surface area contributed by atoms with Crippen LogP contribution in [0.3, 0.4) is 0 Å². The largest absolute Gasteiger partial charge is 0.392 e. The van der Waals surface area contributed by atoms with Crippen molar-refractivity contribution in [3.8, 4) is 0 Å². The molecule has 0 aliphatic heterocycles. The maximum absolute atomic E-state index is 8.86. The molecule has 0 aromatic heterocycles. The SMILES string of the molecule is C/C(=C/CO)CC/C=C(/C)CC/C=C(\C)CC/C=C(\C)CCCC(C)C. The molecule has 0 atom stereocenters. The Kier molecular flexibility index (Phi) is 15.5. The minimum absolute atomic E-state index is 0.158. The van der Waals surface area contributed by atoms with Crippen molar-refractivity contribution in [1.29, 1.82) is 0 Å². The van der Waals surface area contributed by atoms with Crippen LogP contribution in [0.5, 0.6) is 0 Å². The molecule has 0 radical (unpaired) electrons. The first-order valence-corrected chi connectivity index (χ1v) is 10.6. The van der Waals surface area contributed by atoms with Gasteiger partial charge in [-0.3, -0.25) is 0 Å². The highest BCUT2D eigenvalue weighted by Crippen LogP contribution is 2.15. The molecule has 26 heavy (non-hydrogen) atoms. The summed E-state index contributed by atoms with van der Waals surface area (Å²) in [5.41, 5.74) is 5.83. The number of hydrogen-bond acceptors (Lipinski definition) is 1. The standard InChI is InChI=1S/C25H44O/c1-21(2)11-7-12-22(3)13-8-14-23(4)15-9-16-24(5)17-10-18-25(6)19-20-26/h13,15,17,19,21,26H,7-12,14,16,18,20H2,1-6H3/b22-13+,23-15+,24-17-,25-19-. The van der Waals surface area contributed by atoms with E-state index in [4.69, 9.17) is 5.11 Å². The van der Waals surface area contributed by atoms with E-state index in [2.05, 4.69) is 59.8 Å². The first-order chi connectivity index (χ1) is 12.3. The minimum atomic E-state index is 0.158. The highest BCUT2D eigenvalue weighted by Gasteiger charge is 1.96. The molecule has 0 heterocycles. The Labute approximate surface area is 164 Å². The van der Waals surface area contributed by atoms with Crippen molar-refractivity contribution in [2.24, 2.45) is 5.92 Å². The number of aliphatic hydroxyl groups excluding tert-OH is 1. The molecule has 0 unspecified atom stereocenters. The van der Waals surface area contributed by atoms with Gasteiger partial charge in [-0.2, -0.15) is 0 Å². The summed E-state index contributed by atoms with van der Waals surface area (Å²) >= 11 is 0. The van der Waals surface area contributed by atoms with E-state index < -0.39 is 0 Å². The van der Waals surface area contributed by atoms with Crippen molar-refractivity contribution in [3.05, 3.63) is 46.6 Å². The molecule has 0 aromatic rings. The van der Waals surface area contributed by atoms with Crippen LogP contribution in [0.25, 0.3) is 0 Å². The van der Waals surface area contributed by atoms with Crippen LogP contribution in [0.2, 0.25) is 0 Å². The number of aliphatic hydroxyl groups is 1. The van der Waals surface area contributed by atoms with E-state index >= 15 is 0 Å². The van der Waals surface area contributed by atoms with Crippen LogP contribution in [-0.4, -0.2) is 11.7 Å². The van der Waals surface area contributed by atoms with Crippen LogP contribution in [0.1, 0.15) is 99.3 Å². The first kappa shape index (κ1) is 24.9. The Hall–Kier alpha value is -1.08. The lowest BCUT2D eigenvalue weighted by atomic mass is 10.0. The van der Waals surface area contributed by atoms with Crippen LogP contribution in [0, 0.1) is 5.92 Å². The van der Waals surface area contributed by atoms with Crippen LogP contribution in [0.4, 0.5) is 0 Å². The highest BCUT2D eigenvalue weighted by molar-refractivity contribution is 5.07. The molecule has 0 fully saturated rings. The van der Waals surface area contributed by atoms with E-state index in [0.29, 0.717) is 0 Å². The Bertz CT molecular complexity index is 474. The Morgan fingerprint density at radius 1 is 0.654 bits per heavy atom. The summed E-state index contributed by atoms with van der Waals surface area (Å²) in [6.07, 6.45) is 19.8. The quantitative estimate of drug-likeness (QED) is 0.312. The number of rotatable bonds is 14. The lowest BCUT2D eigenvalue weighted by Crippen LogP contribution is -1.88. The second kappa shape index (κ2) is 16.1. The molecule has 150 valence electrons. The van der Waals surface area contributed by atoms with Crippen LogP contribution in [0.15, 0.2) is 46.6 Å². The third kappa shape index (κ3) is 16.4. The van der Waals surface area contributed by atoms with Gasteiger partial charge < -0.3 is 5.11 Å². The third-order valence-corrected chi connectivity index (χ3v) is 4.89. The topological polar surface area (TPSA) is 20.2 Å². The van der Waals surface area contributed by atoms with Gasteiger partial charge in [-0.05, 0) is 85.0 Å². The summed E-state index contributed by atoms with van der Waals surface area (Å²) in [7, 11) is 0. The van der Waals surface area contributed by atoms with Crippen molar-refractivity contribution < 1.29 is 5.11 Å². The molecule has 0 saturated heterocycles. The van der Waals surface area contributed by atoms with E-state index in [9.17, 15) is 0 Å². The van der Waals surface area contributed by atoms with Crippen molar-refractivity contribution in [2.45, 2.75) is 99.3 Å². The van der Waals surface area contributed by atoms with Crippen LogP contribution in [-0.2, 0) is 0 Å². The molecular formula is C25H44O. The van der Waals surface area contributed by atoms with E-state index in [1.165, 1.54) is 48.8 Å². The lowest BCUT2D eigenvalue weighted by Gasteiger charge is -2.05. The predicted octanol–water partition coefficient (Wildman–Crippen LogP) is 7.93. The van der Waals surface area contributed by atoms with Crippen molar-refractivity contribution in [1.82, 2.24) is 0 Å². The molecule has 1 nitrogen and oxygen atoms in total. The lowest BCUT2D eigenvalue weighted by molar-refractivity contribution is 0.341. The van der Waals surface area contributed by atoms with Crippen LogP contribution < -0.4 is 0 Å². The van der Waals surface area contributed by atoms with Gasteiger partial charge in [0.1, 0.15) is 0 Å². The molecule has 0 bridgehead atoms. The number of allylic oxidation sites excluding steroid dienone is 7. The van der Waals surface area contributed by atoms with Crippen molar-refractivity contribution >= 4 is 0 Å². The van der Waals surface area contributed by atoms with E-state index in [1.807, 2.05) is 6.08 Å². The van der Waals surface area contributed by atoms with Crippen molar-refractivity contribution in [3.63, 3.8) is 0 Å². The molecule has 0 aromatic carbocycles. The van der Waals surface area contributed by atoms with E-state index in [1.54, 1.807) is 5.57 Å². The third-order valence-electron chi connectivity index (χ3n) is 4.89. The van der Waals surface area contributed by atoms with Crippen molar-refractivity contribution in [2.75, 3.05) is 6.61 Å². The normalized spacial score (nSPS) is 14.5. The minimum Gasteiger partial charge on any atom is -0.392 e. The fraction of sp³-hybridized carbons (Fsp3) is 0.680. The maximum Gasteiger partial charge on any atom is 0.0614 e. The zero-order chi connectivity index (χ0) is 19.8. The first-order valence-electron chi connectivity index (χ1n) is 10.6. The van der Waals surface area contributed by atoms with Gasteiger partial charge in [0.05, 0.1) is 6.61 Å². The van der Waals surface area contributed by atoms with Gasteiger partial charge in [-0.15, -0.1) is 0 Å². The predicted molar refractivity (Wildman–Crippen MR) is 119 cm³/mol. The monoisotopic (exact) mass is 360 g/mol. The summed E-state index contributed by atoms with van der Waals surface area (Å²) in [4.78, 5) is 0. The molecular weight excluding hydrogens is 316 g/mol.